The minimum absolute atomic E-state index is 0.295. The van der Waals surface area contributed by atoms with Gasteiger partial charge in [-0.05, 0) is 50.3 Å². The molecule has 0 saturated heterocycles. The molecule has 1 amide bonds. The molecule has 2 aromatic rings. The van der Waals surface area contributed by atoms with Crippen molar-refractivity contribution in [1.29, 1.82) is 0 Å². The van der Waals surface area contributed by atoms with Crippen molar-refractivity contribution in [3.8, 4) is 11.5 Å². The van der Waals surface area contributed by atoms with Gasteiger partial charge in [0.05, 0.1) is 32.0 Å². The maximum atomic E-state index is 12.9. The van der Waals surface area contributed by atoms with Crippen molar-refractivity contribution in [1.82, 2.24) is 0 Å². The highest BCUT2D eigenvalue weighted by Gasteiger charge is 2.27. The third-order valence-corrected chi connectivity index (χ3v) is 5.99. The predicted molar refractivity (Wildman–Crippen MR) is 109 cm³/mol. The van der Waals surface area contributed by atoms with Crippen molar-refractivity contribution in [3.63, 3.8) is 0 Å². The molecular formula is C21H25NO5S. The first-order chi connectivity index (χ1) is 13.6. The van der Waals surface area contributed by atoms with Crippen LogP contribution in [0.25, 0.3) is 0 Å². The zero-order valence-electron chi connectivity index (χ0n) is 16.4. The summed E-state index contributed by atoms with van der Waals surface area (Å²) in [4.78, 5) is 26.7. The molecule has 150 valence electrons. The Morgan fingerprint density at radius 3 is 2.61 bits per heavy atom. The average Bonchev–Trinajstić information content (AvgIpc) is 2.87. The van der Waals surface area contributed by atoms with E-state index in [0.717, 1.165) is 42.5 Å². The molecule has 6 nitrogen and oxygen atoms in total. The molecule has 0 unspecified atom stereocenters. The van der Waals surface area contributed by atoms with Crippen molar-refractivity contribution < 1.29 is 23.8 Å². The van der Waals surface area contributed by atoms with Crippen LogP contribution in [0.3, 0.4) is 0 Å². The monoisotopic (exact) mass is 403 g/mol. The van der Waals surface area contributed by atoms with Gasteiger partial charge in [-0.1, -0.05) is 6.42 Å². The van der Waals surface area contributed by atoms with Crippen LogP contribution in [0.5, 0.6) is 11.5 Å². The number of benzene rings is 1. The highest BCUT2D eigenvalue weighted by Crippen LogP contribution is 2.38. The molecule has 0 fully saturated rings. The van der Waals surface area contributed by atoms with Crippen molar-refractivity contribution in [2.45, 2.75) is 39.0 Å². The van der Waals surface area contributed by atoms with Gasteiger partial charge in [0.1, 0.15) is 16.5 Å². The summed E-state index contributed by atoms with van der Waals surface area (Å²) in [7, 11) is 3.06. The normalized spacial score (nSPS) is 13.2. The number of carbonyl (C=O) groups excluding carboxylic acids is 2. The van der Waals surface area contributed by atoms with Crippen LogP contribution in [-0.2, 0) is 17.6 Å². The second-order valence-electron chi connectivity index (χ2n) is 6.51. The van der Waals surface area contributed by atoms with E-state index >= 15 is 0 Å². The average molecular weight is 404 g/mol. The molecule has 0 saturated carbocycles. The van der Waals surface area contributed by atoms with Gasteiger partial charge < -0.3 is 19.5 Å². The number of fused-ring (bicyclic) bond motifs is 1. The van der Waals surface area contributed by atoms with Gasteiger partial charge in [0, 0.05) is 10.9 Å². The summed E-state index contributed by atoms with van der Waals surface area (Å²) in [6.45, 7) is 2.08. The summed E-state index contributed by atoms with van der Waals surface area (Å²) in [6, 6.07) is 5.01. The lowest BCUT2D eigenvalue weighted by Crippen LogP contribution is -2.16. The molecule has 28 heavy (non-hydrogen) atoms. The van der Waals surface area contributed by atoms with Gasteiger partial charge in [-0.2, -0.15) is 0 Å². The molecule has 1 N–H and O–H groups in total. The van der Waals surface area contributed by atoms with Crippen LogP contribution in [0, 0.1) is 0 Å². The number of thiophene rings is 1. The Labute approximate surface area is 168 Å². The molecule has 0 radical (unpaired) electrons. The molecule has 1 heterocycles. The number of hydrogen-bond acceptors (Lipinski definition) is 6. The lowest BCUT2D eigenvalue weighted by molar-refractivity contribution is 0.0527. The van der Waals surface area contributed by atoms with Gasteiger partial charge in [-0.3, -0.25) is 4.79 Å². The van der Waals surface area contributed by atoms with Crippen LogP contribution in [-0.4, -0.2) is 32.7 Å². The van der Waals surface area contributed by atoms with E-state index in [-0.39, 0.29) is 11.9 Å². The Balaban J connectivity index is 1.95. The van der Waals surface area contributed by atoms with Crippen molar-refractivity contribution in [2.24, 2.45) is 0 Å². The number of esters is 1. The summed E-state index contributed by atoms with van der Waals surface area (Å²) in [5.74, 6) is 0.302. The number of hydrogen-bond donors (Lipinski definition) is 1. The highest BCUT2D eigenvalue weighted by atomic mass is 32.1. The van der Waals surface area contributed by atoms with Crippen LogP contribution in [0.15, 0.2) is 18.2 Å². The maximum absolute atomic E-state index is 12.9. The molecule has 7 heteroatoms. The summed E-state index contributed by atoms with van der Waals surface area (Å²) < 4.78 is 15.8. The Bertz CT molecular complexity index is 874. The van der Waals surface area contributed by atoms with Gasteiger partial charge in [0.25, 0.3) is 5.91 Å². The first kappa shape index (κ1) is 20.2. The molecular weight excluding hydrogens is 378 g/mol. The Morgan fingerprint density at radius 1 is 1.11 bits per heavy atom. The fourth-order valence-corrected chi connectivity index (χ4v) is 4.68. The smallest absolute Gasteiger partial charge is 0.341 e. The fraction of sp³-hybridized carbons (Fsp3) is 0.429. The number of ether oxygens (including phenoxy) is 3. The summed E-state index contributed by atoms with van der Waals surface area (Å²) >= 11 is 1.48. The minimum Gasteiger partial charge on any atom is -0.497 e. The molecule has 1 aromatic heterocycles. The topological polar surface area (TPSA) is 73.9 Å². The standard InChI is InChI=1S/C21H25NO5S/c1-4-27-21(24)18-15-8-6-5-7-9-17(15)28-20(18)22-19(23)14-11-10-13(25-2)12-16(14)26-3/h10-12H,4-9H2,1-3H3,(H,22,23). The van der Waals surface area contributed by atoms with E-state index in [2.05, 4.69) is 5.32 Å². The molecule has 1 aromatic carbocycles. The summed E-state index contributed by atoms with van der Waals surface area (Å²) in [5, 5.41) is 3.46. The first-order valence-electron chi connectivity index (χ1n) is 9.44. The van der Waals surface area contributed by atoms with E-state index in [1.807, 2.05) is 0 Å². The second kappa shape index (κ2) is 9.10. The van der Waals surface area contributed by atoms with E-state index in [9.17, 15) is 9.59 Å². The van der Waals surface area contributed by atoms with Gasteiger partial charge in [-0.15, -0.1) is 11.3 Å². The fourth-order valence-electron chi connectivity index (χ4n) is 3.41. The van der Waals surface area contributed by atoms with E-state index in [1.54, 1.807) is 32.2 Å². The highest BCUT2D eigenvalue weighted by molar-refractivity contribution is 7.17. The number of nitrogens with one attached hydrogen (secondary N) is 1. The number of rotatable bonds is 6. The SMILES string of the molecule is CCOC(=O)c1c(NC(=O)c2ccc(OC)cc2OC)sc2c1CCCCC2. The zero-order chi connectivity index (χ0) is 20.1. The second-order valence-corrected chi connectivity index (χ2v) is 7.61. The minimum atomic E-state index is -0.376. The predicted octanol–water partition coefficient (Wildman–Crippen LogP) is 4.46. The van der Waals surface area contributed by atoms with Crippen molar-refractivity contribution >= 4 is 28.2 Å². The zero-order valence-corrected chi connectivity index (χ0v) is 17.2. The Hall–Kier alpha value is -2.54. The number of amides is 1. The van der Waals surface area contributed by atoms with E-state index in [0.29, 0.717) is 34.2 Å². The third-order valence-electron chi connectivity index (χ3n) is 4.78. The molecule has 1 aliphatic carbocycles. The maximum Gasteiger partial charge on any atom is 0.341 e. The van der Waals surface area contributed by atoms with Crippen LogP contribution >= 0.6 is 11.3 Å². The number of anilines is 1. The van der Waals surface area contributed by atoms with Crippen LogP contribution < -0.4 is 14.8 Å². The lowest BCUT2D eigenvalue weighted by atomic mass is 10.1. The molecule has 0 atom stereocenters. The van der Waals surface area contributed by atoms with Crippen LogP contribution in [0.1, 0.15) is 57.3 Å². The van der Waals surface area contributed by atoms with Gasteiger partial charge in [-0.25, -0.2) is 4.79 Å². The molecule has 0 spiro atoms. The third kappa shape index (κ3) is 4.14. The Kier molecular flexibility index (Phi) is 6.57. The van der Waals surface area contributed by atoms with Crippen molar-refractivity contribution in [2.75, 3.05) is 26.1 Å². The molecule has 3 rings (SSSR count). The van der Waals surface area contributed by atoms with E-state index in [1.165, 1.54) is 18.4 Å². The van der Waals surface area contributed by atoms with Crippen LogP contribution in [0.2, 0.25) is 0 Å². The number of carbonyl (C=O) groups is 2. The van der Waals surface area contributed by atoms with Gasteiger partial charge in [0.15, 0.2) is 0 Å². The molecule has 1 aliphatic rings. The lowest BCUT2D eigenvalue weighted by Gasteiger charge is -2.11. The number of methoxy groups -OCH3 is 2. The summed E-state index contributed by atoms with van der Waals surface area (Å²) in [5.41, 5.74) is 1.91. The van der Waals surface area contributed by atoms with Crippen LogP contribution in [0.4, 0.5) is 5.00 Å². The first-order valence-corrected chi connectivity index (χ1v) is 10.3. The van der Waals surface area contributed by atoms with Gasteiger partial charge >= 0.3 is 5.97 Å². The van der Waals surface area contributed by atoms with E-state index in [4.69, 9.17) is 14.2 Å². The number of aryl methyl sites for hydroxylation is 1. The Morgan fingerprint density at radius 2 is 1.89 bits per heavy atom. The molecule has 0 aliphatic heterocycles. The summed E-state index contributed by atoms with van der Waals surface area (Å²) in [6.07, 6.45) is 5.04. The largest absolute Gasteiger partial charge is 0.497 e. The quantitative estimate of drug-likeness (QED) is 0.569. The van der Waals surface area contributed by atoms with E-state index < -0.39 is 0 Å². The van der Waals surface area contributed by atoms with Crippen molar-refractivity contribution in [3.05, 3.63) is 39.8 Å². The molecule has 0 bridgehead atoms. The van der Waals surface area contributed by atoms with Gasteiger partial charge in [0.2, 0.25) is 0 Å².